The predicted molar refractivity (Wildman–Crippen MR) is 96.7 cm³/mol. The molecular formula is C16H23ClF3N3O3S. The van der Waals surface area contributed by atoms with Gasteiger partial charge in [0.1, 0.15) is 6.61 Å². The Morgan fingerprint density at radius 2 is 2.04 bits per heavy atom. The number of halogens is 4. The first kappa shape index (κ1) is 22.4. The van der Waals surface area contributed by atoms with Gasteiger partial charge in [0.25, 0.3) is 0 Å². The van der Waals surface area contributed by atoms with E-state index in [1.165, 1.54) is 0 Å². The maximum absolute atomic E-state index is 13.4. The van der Waals surface area contributed by atoms with Crippen molar-refractivity contribution >= 4 is 22.6 Å². The molecule has 0 saturated carbocycles. The van der Waals surface area contributed by atoms with Gasteiger partial charge in [0.15, 0.2) is 10.9 Å². The zero-order valence-corrected chi connectivity index (χ0v) is 17.0. The molecule has 1 aromatic heterocycles. The molecule has 2 heterocycles. The molecule has 0 fully saturated rings. The minimum Gasteiger partial charge on any atom is -0.488 e. The molecular weight excluding hydrogens is 407 g/mol. The second-order valence-corrected chi connectivity index (χ2v) is 9.77. The lowest BCUT2D eigenvalue weighted by atomic mass is 9.88. The summed E-state index contributed by atoms with van der Waals surface area (Å²) in [5.74, 6) is 0.0993. The lowest BCUT2D eigenvalue weighted by Crippen LogP contribution is -2.50. The Kier molecular flexibility index (Phi) is 5.91. The number of alkyl halides is 3. The Morgan fingerprint density at radius 3 is 2.48 bits per heavy atom. The van der Waals surface area contributed by atoms with Gasteiger partial charge in [-0.3, -0.25) is 0 Å². The molecule has 0 aromatic carbocycles. The average Bonchev–Trinajstić information content (AvgIpc) is 2.91. The lowest BCUT2D eigenvalue weighted by molar-refractivity contribution is -0.263. The molecule has 1 aliphatic heterocycles. The maximum atomic E-state index is 13.4. The standard InChI is InChI=1S/C16H23ClF3N3O3S/c1-5-14(23-27(25)13(2,3)4)8-26-11-9(14)6-10(22-12(11)17)15(24,7-21)16(18,19)20/h6,23-24H,5,7-8,21H2,1-4H3/t14-,15+,27?/m0/s1. The number of pyridine rings is 1. The van der Waals surface area contributed by atoms with Crippen LogP contribution >= 0.6 is 11.6 Å². The number of nitrogens with zero attached hydrogens (tertiary/aromatic N) is 1. The van der Waals surface area contributed by atoms with E-state index in [1.54, 1.807) is 27.7 Å². The van der Waals surface area contributed by atoms with E-state index >= 15 is 0 Å². The molecule has 0 saturated heterocycles. The van der Waals surface area contributed by atoms with Crippen LogP contribution in [0.2, 0.25) is 5.15 Å². The first-order valence-electron chi connectivity index (χ1n) is 8.25. The van der Waals surface area contributed by atoms with E-state index in [-0.39, 0.29) is 23.1 Å². The van der Waals surface area contributed by atoms with Crippen LogP contribution in [0.4, 0.5) is 13.2 Å². The summed E-state index contributed by atoms with van der Waals surface area (Å²) in [7, 11) is -1.53. The second kappa shape index (κ2) is 7.14. The highest BCUT2D eigenvalue weighted by atomic mass is 35.5. The largest absolute Gasteiger partial charge is 0.488 e. The number of nitrogens with one attached hydrogen (secondary N) is 1. The summed E-state index contributed by atoms with van der Waals surface area (Å²) in [6.45, 7) is 5.95. The molecule has 4 N–H and O–H groups in total. The monoisotopic (exact) mass is 429 g/mol. The summed E-state index contributed by atoms with van der Waals surface area (Å²) in [6, 6.07) is 1.07. The van der Waals surface area contributed by atoms with Crippen LogP contribution in [0.15, 0.2) is 6.07 Å². The van der Waals surface area contributed by atoms with Crippen molar-refractivity contribution in [3.63, 3.8) is 0 Å². The second-order valence-electron chi connectivity index (χ2n) is 7.44. The summed E-state index contributed by atoms with van der Waals surface area (Å²) in [6.07, 6.45) is -4.70. The number of ether oxygens (including phenoxy) is 1. The SMILES string of the molecule is CC[C@]1(NS(=O)C(C)(C)C)COc2c1cc([C@](O)(CN)C(F)(F)F)nc2Cl. The van der Waals surface area contributed by atoms with Crippen molar-refractivity contribution in [2.75, 3.05) is 13.2 Å². The molecule has 11 heteroatoms. The van der Waals surface area contributed by atoms with Crippen LogP contribution in [0.1, 0.15) is 45.4 Å². The summed E-state index contributed by atoms with van der Waals surface area (Å²) in [4.78, 5) is 3.67. The Bertz CT molecular complexity index is 757. The first-order chi connectivity index (χ1) is 12.2. The topological polar surface area (TPSA) is 97.5 Å². The minimum absolute atomic E-state index is 0.0125. The molecule has 1 aliphatic rings. The number of aromatic nitrogens is 1. The molecule has 1 aromatic rings. The van der Waals surface area contributed by atoms with Crippen molar-refractivity contribution in [2.45, 2.75) is 56.2 Å². The lowest BCUT2D eigenvalue weighted by Gasteiger charge is -2.33. The number of hydrogen-bond donors (Lipinski definition) is 3. The molecule has 154 valence electrons. The van der Waals surface area contributed by atoms with Crippen molar-refractivity contribution in [2.24, 2.45) is 5.73 Å². The number of hydrogen-bond acceptors (Lipinski definition) is 5. The fourth-order valence-corrected chi connectivity index (χ4v) is 3.85. The first-order valence-corrected chi connectivity index (χ1v) is 9.78. The van der Waals surface area contributed by atoms with Crippen LogP contribution in [0, 0.1) is 0 Å². The molecule has 6 nitrogen and oxygen atoms in total. The van der Waals surface area contributed by atoms with Crippen LogP contribution in [-0.4, -0.2) is 38.4 Å². The van der Waals surface area contributed by atoms with Crippen LogP contribution in [0.5, 0.6) is 5.75 Å². The van der Waals surface area contributed by atoms with Gasteiger partial charge in [0.05, 0.1) is 27.0 Å². The molecule has 3 atom stereocenters. The zero-order chi connectivity index (χ0) is 20.8. The Labute approximate surface area is 163 Å². The van der Waals surface area contributed by atoms with Gasteiger partial charge in [0, 0.05) is 12.1 Å². The third-order valence-electron chi connectivity index (χ3n) is 4.55. The molecule has 0 amide bonds. The van der Waals surface area contributed by atoms with Crippen molar-refractivity contribution in [3.05, 3.63) is 22.5 Å². The van der Waals surface area contributed by atoms with Gasteiger partial charge >= 0.3 is 6.18 Å². The van der Waals surface area contributed by atoms with E-state index in [9.17, 15) is 22.5 Å². The number of fused-ring (bicyclic) bond motifs is 1. The van der Waals surface area contributed by atoms with E-state index in [0.717, 1.165) is 6.07 Å². The van der Waals surface area contributed by atoms with E-state index in [0.29, 0.717) is 6.42 Å². The van der Waals surface area contributed by atoms with E-state index < -0.39 is 45.3 Å². The van der Waals surface area contributed by atoms with Crippen LogP contribution in [-0.2, 0) is 22.1 Å². The highest BCUT2D eigenvalue weighted by Crippen LogP contribution is 2.47. The van der Waals surface area contributed by atoms with Gasteiger partial charge < -0.3 is 15.6 Å². The molecule has 0 spiro atoms. The molecule has 0 aliphatic carbocycles. The average molecular weight is 430 g/mol. The highest BCUT2D eigenvalue weighted by Gasteiger charge is 2.56. The summed E-state index contributed by atoms with van der Waals surface area (Å²) in [5.41, 5.74) is 0.329. The van der Waals surface area contributed by atoms with Gasteiger partial charge in [0.2, 0.25) is 5.60 Å². The maximum Gasteiger partial charge on any atom is 0.424 e. The summed E-state index contributed by atoms with van der Waals surface area (Å²) < 4.78 is 60.7. The number of nitrogens with two attached hydrogens (primary N) is 1. The highest BCUT2D eigenvalue weighted by molar-refractivity contribution is 7.84. The van der Waals surface area contributed by atoms with E-state index in [1.807, 2.05) is 0 Å². The summed E-state index contributed by atoms with van der Waals surface area (Å²) >= 11 is 6.04. The molecule has 27 heavy (non-hydrogen) atoms. The zero-order valence-electron chi connectivity index (χ0n) is 15.4. The fraction of sp³-hybridized carbons (Fsp3) is 0.688. The number of rotatable bonds is 5. The smallest absolute Gasteiger partial charge is 0.424 e. The van der Waals surface area contributed by atoms with Crippen molar-refractivity contribution in [3.8, 4) is 5.75 Å². The van der Waals surface area contributed by atoms with E-state index in [4.69, 9.17) is 22.1 Å². The third-order valence-corrected chi connectivity index (χ3v) is 6.49. The Hall–Kier alpha value is -0.940. The van der Waals surface area contributed by atoms with E-state index in [2.05, 4.69) is 9.71 Å². The molecule has 0 bridgehead atoms. The van der Waals surface area contributed by atoms with Gasteiger partial charge in [-0.15, -0.1) is 0 Å². The molecule has 0 radical (unpaired) electrons. The Morgan fingerprint density at radius 1 is 1.44 bits per heavy atom. The molecule has 1 unspecified atom stereocenters. The predicted octanol–water partition coefficient (Wildman–Crippen LogP) is 2.49. The third kappa shape index (κ3) is 3.82. The van der Waals surface area contributed by atoms with Crippen molar-refractivity contribution in [1.29, 1.82) is 0 Å². The number of aliphatic hydroxyl groups is 1. The van der Waals surface area contributed by atoms with Crippen molar-refractivity contribution < 1.29 is 27.2 Å². The van der Waals surface area contributed by atoms with Crippen LogP contribution in [0.25, 0.3) is 0 Å². The van der Waals surface area contributed by atoms with Gasteiger partial charge in [-0.2, -0.15) is 13.2 Å². The van der Waals surface area contributed by atoms with Crippen LogP contribution < -0.4 is 15.2 Å². The van der Waals surface area contributed by atoms with Crippen LogP contribution in [0.3, 0.4) is 0 Å². The van der Waals surface area contributed by atoms with Crippen molar-refractivity contribution in [1.82, 2.24) is 9.71 Å². The normalized spacial score (nSPS) is 23.5. The summed E-state index contributed by atoms with van der Waals surface area (Å²) in [5, 5.41) is 9.82. The fourth-order valence-electron chi connectivity index (χ4n) is 2.63. The van der Waals surface area contributed by atoms with Gasteiger partial charge in [-0.25, -0.2) is 13.9 Å². The minimum atomic E-state index is -5.05. The quantitative estimate of drug-likeness (QED) is 0.625. The molecule has 2 rings (SSSR count). The Balaban J connectivity index is 2.62. The van der Waals surface area contributed by atoms with Gasteiger partial charge in [-0.05, 0) is 33.3 Å². The van der Waals surface area contributed by atoms with Gasteiger partial charge in [-0.1, -0.05) is 18.5 Å².